The molecule has 0 saturated heterocycles. The summed E-state index contributed by atoms with van der Waals surface area (Å²) >= 11 is 2.76. The van der Waals surface area contributed by atoms with Crippen molar-refractivity contribution in [2.75, 3.05) is 5.32 Å². The highest BCUT2D eigenvalue weighted by Crippen LogP contribution is 2.28. The summed E-state index contributed by atoms with van der Waals surface area (Å²) < 4.78 is 2.04. The molecule has 1 N–H and O–H groups in total. The average Bonchev–Trinajstić information content (AvgIpc) is 3.27. The number of thioether (sulfide) groups is 1. The van der Waals surface area contributed by atoms with Gasteiger partial charge in [0.25, 0.3) is 11.5 Å². The minimum Gasteiger partial charge on any atom is -0.295 e. The minimum atomic E-state index is -0.439. The Labute approximate surface area is 191 Å². The summed E-state index contributed by atoms with van der Waals surface area (Å²) in [6, 6.07) is 16.4. The Bertz CT molecular complexity index is 1370. The molecule has 2 aromatic carbocycles. The van der Waals surface area contributed by atoms with E-state index in [-0.39, 0.29) is 11.3 Å². The number of nitriles is 1. The third-order valence-electron chi connectivity index (χ3n) is 4.59. The van der Waals surface area contributed by atoms with Gasteiger partial charge in [0.15, 0.2) is 10.0 Å². The fourth-order valence-electron chi connectivity index (χ4n) is 3.06. The lowest BCUT2D eigenvalue weighted by molar-refractivity contribution is 0.102. The van der Waals surface area contributed by atoms with Crippen molar-refractivity contribution in [3.63, 3.8) is 0 Å². The molecule has 0 aliphatic carbocycles. The van der Waals surface area contributed by atoms with E-state index in [9.17, 15) is 9.59 Å². The number of carbonyl (C=O) groups is 1. The molecular formula is C22H18N6O2S2. The maximum atomic E-state index is 13.0. The second kappa shape index (κ2) is 9.72. The summed E-state index contributed by atoms with van der Waals surface area (Å²) in [5.41, 5.74) is 1.64. The van der Waals surface area contributed by atoms with Gasteiger partial charge in [-0.25, -0.2) is 4.68 Å². The summed E-state index contributed by atoms with van der Waals surface area (Å²) in [5.74, 6) is 0.230. The Morgan fingerprint density at radius 3 is 2.62 bits per heavy atom. The highest BCUT2D eigenvalue weighted by atomic mass is 32.2. The Balaban J connectivity index is 1.50. The van der Waals surface area contributed by atoms with Crippen LogP contribution in [0.15, 0.2) is 57.7 Å². The van der Waals surface area contributed by atoms with Crippen molar-refractivity contribution in [3.05, 3.63) is 75.7 Å². The van der Waals surface area contributed by atoms with Crippen LogP contribution in [0.1, 0.15) is 35.0 Å². The molecule has 160 valence electrons. The number of amides is 1. The number of fused-ring (bicyclic) bond motifs is 1. The van der Waals surface area contributed by atoms with Gasteiger partial charge in [-0.15, -0.1) is 10.2 Å². The van der Waals surface area contributed by atoms with Crippen LogP contribution in [-0.2, 0) is 12.3 Å². The molecule has 10 heteroatoms. The van der Waals surface area contributed by atoms with Crippen molar-refractivity contribution in [1.29, 1.82) is 5.26 Å². The molecule has 0 aliphatic heterocycles. The van der Waals surface area contributed by atoms with Crippen molar-refractivity contribution in [2.24, 2.45) is 0 Å². The number of hydrogen-bond donors (Lipinski definition) is 1. The quantitative estimate of drug-likeness (QED) is 0.325. The van der Waals surface area contributed by atoms with Crippen LogP contribution in [0.4, 0.5) is 5.13 Å². The zero-order chi connectivity index (χ0) is 22.5. The SMILES string of the molecule is CCCn1nc(C(=O)Nc2nnc(SCc3ccc(C#N)cc3)s2)c2ccccc2c1=O. The summed E-state index contributed by atoms with van der Waals surface area (Å²) in [6.45, 7) is 2.38. The summed E-state index contributed by atoms with van der Waals surface area (Å²) in [4.78, 5) is 25.6. The Kier molecular flexibility index (Phi) is 6.58. The van der Waals surface area contributed by atoms with E-state index < -0.39 is 5.91 Å². The fraction of sp³-hybridized carbons (Fsp3) is 0.182. The zero-order valence-electron chi connectivity index (χ0n) is 17.1. The van der Waals surface area contributed by atoms with E-state index in [2.05, 4.69) is 26.7 Å². The van der Waals surface area contributed by atoms with Gasteiger partial charge in [0.1, 0.15) is 0 Å². The maximum Gasteiger partial charge on any atom is 0.278 e. The second-order valence-electron chi connectivity index (χ2n) is 6.85. The summed E-state index contributed by atoms with van der Waals surface area (Å²) in [5, 5.41) is 25.4. The number of hydrogen-bond acceptors (Lipinski definition) is 8. The van der Waals surface area contributed by atoms with Crippen LogP contribution < -0.4 is 10.9 Å². The highest BCUT2D eigenvalue weighted by molar-refractivity contribution is 8.00. The predicted octanol–water partition coefficient (Wildman–Crippen LogP) is 4.07. The Hall–Kier alpha value is -3.55. The highest BCUT2D eigenvalue weighted by Gasteiger charge is 2.18. The van der Waals surface area contributed by atoms with Crippen molar-refractivity contribution < 1.29 is 4.79 Å². The Morgan fingerprint density at radius 2 is 1.91 bits per heavy atom. The van der Waals surface area contributed by atoms with Crippen LogP contribution in [0, 0.1) is 11.3 Å². The molecule has 0 fully saturated rings. The van der Waals surface area contributed by atoms with Gasteiger partial charge in [0.05, 0.1) is 17.0 Å². The average molecular weight is 463 g/mol. The first-order valence-corrected chi connectivity index (χ1v) is 11.7. The van der Waals surface area contributed by atoms with Crippen molar-refractivity contribution in [3.8, 4) is 6.07 Å². The van der Waals surface area contributed by atoms with Gasteiger partial charge in [-0.05, 0) is 30.2 Å². The number of aromatic nitrogens is 4. The van der Waals surface area contributed by atoms with Gasteiger partial charge in [0, 0.05) is 17.7 Å². The molecule has 4 rings (SSSR count). The third-order valence-corrected chi connectivity index (χ3v) is 6.63. The predicted molar refractivity (Wildman–Crippen MR) is 125 cm³/mol. The topological polar surface area (TPSA) is 114 Å². The summed E-state index contributed by atoms with van der Waals surface area (Å²) in [7, 11) is 0. The van der Waals surface area contributed by atoms with Crippen LogP contribution in [0.3, 0.4) is 0 Å². The monoisotopic (exact) mass is 462 g/mol. The van der Waals surface area contributed by atoms with E-state index in [1.54, 1.807) is 36.4 Å². The van der Waals surface area contributed by atoms with Gasteiger partial charge in [-0.1, -0.05) is 60.4 Å². The fourth-order valence-corrected chi connectivity index (χ4v) is 4.76. The molecule has 0 unspecified atom stereocenters. The Morgan fingerprint density at radius 1 is 1.16 bits per heavy atom. The van der Waals surface area contributed by atoms with Gasteiger partial charge in [0.2, 0.25) is 5.13 Å². The van der Waals surface area contributed by atoms with Gasteiger partial charge < -0.3 is 0 Å². The number of rotatable bonds is 7. The molecular weight excluding hydrogens is 444 g/mol. The van der Waals surface area contributed by atoms with E-state index >= 15 is 0 Å². The van der Waals surface area contributed by atoms with E-state index in [4.69, 9.17) is 5.26 Å². The van der Waals surface area contributed by atoms with E-state index in [1.165, 1.54) is 27.8 Å². The van der Waals surface area contributed by atoms with E-state index in [0.717, 1.165) is 12.0 Å². The van der Waals surface area contributed by atoms with Crippen molar-refractivity contribution >= 4 is 44.9 Å². The molecule has 2 aromatic heterocycles. The maximum absolute atomic E-state index is 13.0. The smallest absolute Gasteiger partial charge is 0.278 e. The largest absolute Gasteiger partial charge is 0.295 e. The molecule has 1 amide bonds. The van der Waals surface area contributed by atoms with Crippen LogP contribution in [0.2, 0.25) is 0 Å². The first kappa shape index (κ1) is 21.7. The molecule has 0 radical (unpaired) electrons. The molecule has 0 atom stereocenters. The van der Waals surface area contributed by atoms with Crippen molar-refractivity contribution in [2.45, 2.75) is 30.0 Å². The van der Waals surface area contributed by atoms with Crippen LogP contribution >= 0.6 is 23.1 Å². The number of anilines is 1. The lowest BCUT2D eigenvalue weighted by Crippen LogP contribution is -2.27. The van der Waals surface area contributed by atoms with Crippen LogP contribution in [0.25, 0.3) is 10.8 Å². The van der Waals surface area contributed by atoms with Crippen LogP contribution in [0.5, 0.6) is 0 Å². The second-order valence-corrected chi connectivity index (χ2v) is 9.05. The lowest BCUT2D eigenvalue weighted by atomic mass is 10.1. The molecule has 8 nitrogen and oxygen atoms in total. The first-order valence-electron chi connectivity index (χ1n) is 9.85. The molecule has 0 aliphatic rings. The zero-order valence-corrected chi connectivity index (χ0v) is 18.7. The molecule has 0 saturated carbocycles. The minimum absolute atomic E-state index is 0.177. The molecule has 32 heavy (non-hydrogen) atoms. The van der Waals surface area contributed by atoms with E-state index in [0.29, 0.717) is 38.1 Å². The number of nitrogens with one attached hydrogen (secondary N) is 1. The van der Waals surface area contributed by atoms with Gasteiger partial charge >= 0.3 is 0 Å². The molecule has 0 spiro atoms. The van der Waals surface area contributed by atoms with Gasteiger partial charge in [-0.2, -0.15) is 10.4 Å². The number of aryl methyl sites for hydroxylation is 1. The standard InChI is InChI=1S/C22H18N6O2S2/c1-2-11-28-20(30)17-6-4-3-5-16(17)18(27-28)19(29)24-21-25-26-22(32-21)31-13-15-9-7-14(12-23)8-10-15/h3-10H,2,11,13H2,1H3,(H,24,25,29). The molecule has 4 aromatic rings. The number of benzene rings is 2. The normalized spacial score (nSPS) is 10.8. The molecule has 0 bridgehead atoms. The van der Waals surface area contributed by atoms with Gasteiger partial charge in [-0.3, -0.25) is 14.9 Å². The lowest BCUT2D eigenvalue weighted by Gasteiger charge is -2.09. The molecule has 2 heterocycles. The number of nitrogens with zero attached hydrogens (tertiary/aromatic N) is 5. The van der Waals surface area contributed by atoms with Crippen LogP contribution in [-0.4, -0.2) is 25.9 Å². The van der Waals surface area contributed by atoms with Crippen molar-refractivity contribution in [1.82, 2.24) is 20.0 Å². The third kappa shape index (κ3) is 4.69. The summed E-state index contributed by atoms with van der Waals surface area (Å²) in [6.07, 6.45) is 0.725. The van der Waals surface area contributed by atoms with E-state index in [1.807, 2.05) is 19.1 Å². The first-order chi connectivity index (χ1) is 15.6. The number of carbonyl (C=O) groups excluding carboxylic acids is 1.